The van der Waals surface area contributed by atoms with Gasteiger partial charge >= 0.3 is 28.6 Å². The van der Waals surface area contributed by atoms with Crippen molar-refractivity contribution in [2.45, 2.75) is 32.6 Å². The summed E-state index contributed by atoms with van der Waals surface area (Å²) in [5, 5.41) is 6.06. The Morgan fingerprint density at radius 1 is 0.568 bits per heavy atom. The number of hydrogen-bond acceptors (Lipinski definition) is 2. The molecule has 1 aliphatic rings. The number of rotatable bonds is 7. The first-order chi connectivity index (χ1) is 20.5. The molecule has 0 bridgehead atoms. The summed E-state index contributed by atoms with van der Waals surface area (Å²) in [5.41, 5.74) is 0. The van der Waals surface area contributed by atoms with Crippen LogP contribution in [0, 0.1) is 5.92 Å². The average Bonchev–Trinajstić information content (AvgIpc) is 3.54. The average molecular weight is 724 g/mol. The Balaban J connectivity index is 0. The van der Waals surface area contributed by atoms with E-state index in [2.05, 4.69) is 142 Å². The van der Waals surface area contributed by atoms with Crippen LogP contribution in [-0.2, 0) is 30.7 Å². The maximum absolute atomic E-state index is 9.67. The molecule has 0 aromatic heterocycles. The Labute approximate surface area is 277 Å². The quantitative estimate of drug-likeness (QED) is 0.0943. The molecule has 1 aliphatic carbocycles. The minimum absolute atomic E-state index is 0. The molecule has 233 valence electrons. The van der Waals surface area contributed by atoms with Crippen LogP contribution >= 0.6 is 15.8 Å². The van der Waals surface area contributed by atoms with E-state index in [-0.39, 0.29) is 25.8 Å². The molecule has 0 heterocycles. The van der Waals surface area contributed by atoms with Crippen LogP contribution in [-0.4, -0.2) is 33.4 Å². The van der Waals surface area contributed by atoms with E-state index < -0.39 is 23.4 Å². The first-order valence-electron chi connectivity index (χ1n) is 13.7. The van der Waals surface area contributed by atoms with Gasteiger partial charge in [-0.05, 0) is 48.5 Å². The van der Waals surface area contributed by atoms with Gasteiger partial charge in [-0.2, -0.15) is 19.8 Å². The first kappa shape index (κ1) is 43.7. The van der Waals surface area contributed by atoms with Crippen LogP contribution in [0.3, 0.4) is 0 Å². The summed E-state index contributed by atoms with van der Waals surface area (Å²) in [6.07, 6.45) is 8.23. The molecule has 1 fully saturated rings. The van der Waals surface area contributed by atoms with Gasteiger partial charge in [-0.1, -0.05) is 85.6 Å². The zero-order valence-electron chi connectivity index (χ0n) is 24.8. The van der Waals surface area contributed by atoms with Crippen molar-refractivity contribution in [3.05, 3.63) is 127 Å². The number of hydrogen-bond donors (Lipinski definition) is 0. The van der Waals surface area contributed by atoms with Gasteiger partial charge in [0.1, 0.15) is 12.3 Å². The summed E-state index contributed by atoms with van der Waals surface area (Å²) in [4.78, 5) is 15.5. The molecular formula is C34H39BF4MoO2P2+. The standard InChI is InChI=1S/C26H24P2.C6H11.2CHO.BF3.FH.Mo/c1-5-13-23(14-6-1)27(24-15-7-2-8-16-24)21-22-28(25-17-9-3-10-18-25)26-19-11-4-12-20-26;1-6-4-2-3-5-6;2*1-2;2-1(3)4;;/h1-20H,21-22H2;2-5H2,1H3;2*1H;;1H;/q;3*-1;;;+3/p+1. The summed E-state index contributed by atoms with van der Waals surface area (Å²) < 4.78 is 29.0. The molecule has 5 rings (SSSR count). The zero-order chi connectivity index (χ0) is 31.0. The predicted molar refractivity (Wildman–Crippen MR) is 181 cm³/mol. The van der Waals surface area contributed by atoms with E-state index in [1.165, 1.54) is 59.2 Å². The molecule has 0 aliphatic heterocycles. The van der Waals surface area contributed by atoms with Gasteiger partial charge in [-0.3, -0.25) is 26.5 Å². The van der Waals surface area contributed by atoms with Crippen molar-refractivity contribution in [2.24, 2.45) is 0 Å². The van der Waals surface area contributed by atoms with Crippen molar-refractivity contribution in [3.8, 4) is 0 Å². The molecule has 0 unspecified atom stereocenters. The van der Waals surface area contributed by atoms with Crippen LogP contribution in [0.4, 0.5) is 12.9 Å². The molecule has 0 N–H and O–H groups in total. The maximum atomic E-state index is 9.67. The van der Waals surface area contributed by atoms with Gasteiger partial charge < -0.3 is 20.2 Å². The van der Waals surface area contributed by atoms with Crippen LogP contribution in [0.25, 0.3) is 0 Å². The molecule has 4 aromatic rings. The van der Waals surface area contributed by atoms with Crippen LogP contribution in [0.5, 0.6) is 0 Å². The van der Waals surface area contributed by atoms with E-state index in [0.29, 0.717) is 0 Å². The Morgan fingerprint density at radius 2 is 0.773 bits per heavy atom. The zero-order valence-corrected chi connectivity index (χ0v) is 28.8. The van der Waals surface area contributed by atoms with Gasteiger partial charge in [-0.25, -0.2) is 0 Å². The Morgan fingerprint density at radius 3 is 0.932 bits per heavy atom. The molecular weight excluding hydrogens is 685 g/mol. The summed E-state index contributed by atoms with van der Waals surface area (Å²) in [6.45, 7) is 8.76. The SMILES string of the molecule is C[C-]1CCCC1.FB(F)F.[CH-]=O.[CH-]=O.[F-].[Mo+3].c1ccc([PH+](CC[PH+](c2ccccc2)c2ccccc2)c2ccccc2)cc1. The van der Waals surface area contributed by atoms with E-state index in [9.17, 15) is 12.9 Å². The van der Waals surface area contributed by atoms with Crippen molar-refractivity contribution in [3.63, 3.8) is 0 Å². The second-order valence-corrected chi connectivity index (χ2v) is 14.6. The van der Waals surface area contributed by atoms with Gasteiger partial charge in [0.15, 0.2) is 0 Å². The van der Waals surface area contributed by atoms with Gasteiger partial charge in [0.2, 0.25) is 0 Å². The van der Waals surface area contributed by atoms with Crippen molar-refractivity contribution >= 4 is 58.2 Å². The fourth-order valence-electron chi connectivity index (χ4n) is 4.70. The fraction of sp³-hybridized carbons (Fsp3) is 0.206. The molecule has 1 saturated carbocycles. The molecule has 10 heteroatoms. The summed E-state index contributed by atoms with van der Waals surface area (Å²) >= 11 is 0. The Kier molecular flexibility index (Phi) is 27.9. The minimum atomic E-state index is -3.67. The van der Waals surface area contributed by atoms with Gasteiger partial charge in [0.25, 0.3) is 0 Å². The topological polar surface area (TPSA) is 34.1 Å². The smallest absolute Gasteiger partial charge is 1.00 e. The van der Waals surface area contributed by atoms with Crippen LogP contribution in [0.2, 0.25) is 0 Å². The van der Waals surface area contributed by atoms with E-state index in [4.69, 9.17) is 9.59 Å². The van der Waals surface area contributed by atoms with Gasteiger partial charge in [0, 0.05) is 0 Å². The largest absolute Gasteiger partial charge is 3.00 e. The third-order valence-corrected chi connectivity index (χ3v) is 12.7. The third-order valence-electron chi connectivity index (χ3n) is 6.57. The maximum Gasteiger partial charge on any atom is 3.00 e. The monoisotopic (exact) mass is 726 g/mol. The van der Waals surface area contributed by atoms with Crippen molar-refractivity contribution in [1.29, 1.82) is 0 Å². The Bertz CT molecular complexity index is 1010. The van der Waals surface area contributed by atoms with Crippen LogP contribution in [0.1, 0.15) is 32.6 Å². The van der Waals surface area contributed by atoms with Crippen LogP contribution in [0.15, 0.2) is 121 Å². The predicted octanol–water partition coefficient (Wildman–Crippen LogP) is 4.20. The van der Waals surface area contributed by atoms with Crippen molar-refractivity contribution in [1.82, 2.24) is 0 Å². The molecule has 0 spiro atoms. The third kappa shape index (κ3) is 17.7. The normalized spacial score (nSPS) is 11.3. The van der Waals surface area contributed by atoms with Gasteiger partial charge in [0.05, 0.1) is 37.1 Å². The fourth-order valence-corrected chi connectivity index (χ4v) is 10.9. The minimum Gasteiger partial charge on any atom is -1.00 e. The number of halogens is 4. The number of benzene rings is 4. The summed E-state index contributed by atoms with van der Waals surface area (Å²) in [6, 6.07) is 44.5. The summed E-state index contributed by atoms with van der Waals surface area (Å²) in [5.74, 6) is 1.70. The molecule has 0 saturated heterocycles. The molecule has 1 radical (unpaired) electrons. The van der Waals surface area contributed by atoms with E-state index in [0.717, 1.165) is 0 Å². The van der Waals surface area contributed by atoms with Gasteiger partial charge in [-0.15, -0.1) is 0 Å². The van der Waals surface area contributed by atoms with E-state index >= 15 is 0 Å². The number of carbonyl (C=O) groups excluding carboxylic acids is 2. The van der Waals surface area contributed by atoms with Crippen LogP contribution < -0.4 is 25.9 Å². The van der Waals surface area contributed by atoms with E-state index in [1.807, 2.05) is 0 Å². The van der Waals surface area contributed by atoms with E-state index in [1.54, 1.807) is 5.92 Å². The molecule has 0 amide bonds. The molecule has 44 heavy (non-hydrogen) atoms. The molecule has 0 atom stereocenters. The van der Waals surface area contributed by atoms with Crippen molar-refractivity contribution in [2.75, 3.05) is 12.3 Å². The first-order valence-corrected chi connectivity index (χ1v) is 17.1. The summed E-state index contributed by atoms with van der Waals surface area (Å²) in [7, 11) is -5.23. The second-order valence-electron chi connectivity index (χ2n) is 9.33. The van der Waals surface area contributed by atoms with Crippen molar-refractivity contribution < 1.29 is 48.3 Å². The second kappa shape index (κ2) is 28.1. The molecule has 2 nitrogen and oxygen atoms in total. The Hall–Kier alpha value is -2.45. The molecule has 4 aromatic carbocycles.